The first-order valence-corrected chi connectivity index (χ1v) is 8.40. The Morgan fingerprint density at radius 2 is 1.87 bits per heavy atom. The highest BCUT2D eigenvalue weighted by atomic mass is 79.9. The zero-order valence-electron chi connectivity index (χ0n) is 12.9. The Balaban J connectivity index is 1.71. The number of likely N-dealkylation sites (N-methyl/N-ethyl adjacent to an activating group) is 1. The largest absolute Gasteiger partial charge is 0.486 e. The summed E-state index contributed by atoms with van der Waals surface area (Å²) in [5, 5.41) is 0. The number of para-hydroxylation sites is 2. The van der Waals surface area contributed by atoms with Gasteiger partial charge in [-0.2, -0.15) is 0 Å². The molecule has 23 heavy (non-hydrogen) atoms. The Kier molecular flexibility index (Phi) is 4.86. The van der Waals surface area contributed by atoms with Crippen molar-refractivity contribution in [2.75, 3.05) is 19.7 Å². The second kappa shape index (κ2) is 7.04. The van der Waals surface area contributed by atoms with Gasteiger partial charge in [0.25, 0.3) is 5.91 Å². The lowest BCUT2D eigenvalue weighted by Crippen LogP contribution is -2.43. The van der Waals surface area contributed by atoms with E-state index >= 15 is 0 Å². The summed E-state index contributed by atoms with van der Waals surface area (Å²) in [6.07, 6.45) is -0.170. The molecule has 0 aromatic heterocycles. The third kappa shape index (κ3) is 3.50. The van der Waals surface area contributed by atoms with E-state index in [1.54, 1.807) is 4.90 Å². The molecule has 1 unspecified atom stereocenters. The molecule has 1 atom stereocenters. The van der Waals surface area contributed by atoms with Crippen LogP contribution in [-0.4, -0.2) is 36.6 Å². The van der Waals surface area contributed by atoms with Gasteiger partial charge < -0.3 is 14.4 Å². The van der Waals surface area contributed by atoms with E-state index in [1.165, 1.54) is 0 Å². The molecular formula is C18H18BrNO3. The molecule has 0 radical (unpaired) electrons. The lowest BCUT2D eigenvalue weighted by atomic mass is 10.2. The van der Waals surface area contributed by atoms with E-state index in [0.29, 0.717) is 25.3 Å². The van der Waals surface area contributed by atoms with E-state index in [4.69, 9.17) is 9.47 Å². The average molecular weight is 376 g/mol. The van der Waals surface area contributed by atoms with E-state index in [9.17, 15) is 4.79 Å². The van der Waals surface area contributed by atoms with E-state index in [-0.39, 0.29) is 12.0 Å². The first-order chi connectivity index (χ1) is 11.2. The molecule has 5 heteroatoms. The molecule has 0 saturated carbocycles. The third-order valence-corrected chi connectivity index (χ3v) is 4.46. The topological polar surface area (TPSA) is 38.8 Å². The number of rotatable bonds is 4. The number of carbonyl (C=O) groups is 1. The molecule has 2 aromatic rings. The molecule has 3 rings (SSSR count). The van der Waals surface area contributed by atoms with Crippen molar-refractivity contribution >= 4 is 21.8 Å². The molecule has 0 fully saturated rings. The Labute approximate surface area is 144 Å². The lowest BCUT2D eigenvalue weighted by molar-refractivity contribution is 0.0474. The summed E-state index contributed by atoms with van der Waals surface area (Å²) in [5.41, 5.74) is 0.659. The molecule has 0 saturated heterocycles. The van der Waals surface area contributed by atoms with E-state index < -0.39 is 0 Å². The standard InChI is InChI=1S/C18H18BrNO3/c1-2-20(18(21)14-7-3-4-8-15(14)19)11-13-12-22-16-9-5-6-10-17(16)23-13/h3-10,13H,2,11-12H2,1H3. The minimum atomic E-state index is -0.170. The van der Waals surface area contributed by atoms with Crippen molar-refractivity contribution in [3.63, 3.8) is 0 Å². The van der Waals surface area contributed by atoms with Crippen molar-refractivity contribution in [3.05, 3.63) is 58.6 Å². The minimum Gasteiger partial charge on any atom is -0.486 e. The molecule has 0 bridgehead atoms. The van der Waals surface area contributed by atoms with E-state index in [0.717, 1.165) is 16.0 Å². The highest BCUT2D eigenvalue weighted by Gasteiger charge is 2.25. The SMILES string of the molecule is CCN(CC1COc2ccccc2O1)C(=O)c1ccccc1Br. The number of nitrogens with zero attached hydrogens (tertiary/aromatic N) is 1. The molecule has 0 aliphatic carbocycles. The van der Waals surface area contributed by atoms with Gasteiger partial charge in [0, 0.05) is 11.0 Å². The fraction of sp³-hybridized carbons (Fsp3) is 0.278. The summed E-state index contributed by atoms with van der Waals surface area (Å²) < 4.78 is 12.5. The van der Waals surface area contributed by atoms with Crippen molar-refractivity contribution in [1.82, 2.24) is 4.90 Å². The van der Waals surface area contributed by atoms with Crippen molar-refractivity contribution in [1.29, 1.82) is 0 Å². The Morgan fingerprint density at radius 1 is 1.17 bits per heavy atom. The molecular weight excluding hydrogens is 358 g/mol. The summed E-state index contributed by atoms with van der Waals surface area (Å²) >= 11 is 3.44. The first-order valence-electron chi connectivity index (χ1n) is 7.61. The third-order valence-electron chi connectivity index (χ3n) is 3.76. The molecule has 2 aromatic carbocycles. The Bertz CT molecular complexity index is 704. The minimum absolute atomic E-state index is 0.0116. The van der Waals surface area contributed by atoms with Crippen LogP contribution in [0.5, 0.6) is 11.5 Å². The van der Waals surface area contributed by atoms with Crippen LogP contribution in [0.2, 0.25) is 0 Å². The highest BCUT2D eigenvalue weighted by molar-refractivity contribution is 9.10. The van der Waals surface area contributed by atoms with Crippen LogP contribution in [0.25, 0.3) is 0 Å². The molecule has 0 N–H and O–H groups in total. The van der Waals surface area contributed by atoms with Gasteiger partial charge in [0.1, 0.15) is 6.61 Å². The number of hydrogen-bond acceptors (Lipinski definition) is 3. The van der Waals surface area contributed by atoms with Gasteiger partial charge in [-0.3, -0.25) is 4.79 Å². The summed E-state index contributed by atoms with van der Waals surface area (Å²) in [6, 6.07) is 15.0. The van der Waals surface area contributed by atoms with Gasteiger partial charge in [0.05, 0.1) is 12.1 Å². The van der Waals surface area contributed by atoms with Crippen LogP contribution in [0.15, 0.2) is 53.0 Å². The van der Waals surface area contributed by atoms with Crippen LogP contribution in [0.4, 0.5) is 0 Å². The van der Waals surface area contributed by atoms with Crippen molar-refractivity contribution < 1.29 is 14.3 Å². The van der Waals surface area contributed by atoms with Crippen LogP contribution < -0.4 is 9.47 Å². The van der Waals surface area contributed by atoms with Crippen molar-refractivity contribution in [2.45, 2.75) is 13.0 Å². The molecule has 4 nitrogen and oxygen atoms in total. The van der Waals surface area contributed by atoms with Crippen LogP contribution in [0.1, 0.15) is 17.3 Å². The predicted molar refractivity (Wildman–Crippen MR) is 92.1 cm³/mol. The second-order valence-electron chi connectivity index (χ2n) is 5.32. The summed E-state index contributed by atoms with van der Waals surface area (Å²) in [6.45, 7) is 3.51. The summed E-state index contributed by atoms with van der Waals surface area (Å²) in [7, 11) is 0. The summed E-state index contributed by atoms with van der Waals surface area (Å²) in [4.78, 5) is 14.5. The van der Waals surface area contributed by atoms with Gasteiger partial charge in [-0.25, -0.2) is 0 Å². The van der Waals surface area contributed by atoms with Crippen LogP contribution in [0, 0.1) is 0 Å². The number of benzene rings is 2. The highest BCUT2D eigenvalue weighted by Crippen LogP contribution is 2.31. The Morgan fingerprint density at radius 3 is 2.61 bits per heavy atom. The number of hydrogen-bond donors (Lipinski definition) is 0. The monoisotopic (exact) mass is 375 g/mol. The zero-order valence-corrected chi connectivity index (χ0v) is 14.5. The van der Waals surface area contributed by atoms with Gasteiger partial charge in [0.15, 0.2) is 17.6 Å². The quantitative estimate of drug-likeness (QED) is 0.816. The van der Waals surface area contributed by atoms with E-state index in [1.807, 2.05) is 55.5 Å². The van der Waals surface area contributed by atoms with Gasteiger partial charge >= 0.3 is 0 Å². The fourth-order valence-electron chi connectivity index (χ4n) is 2.56. The molecule has 1 amide bonds. The number of fused-ring (bicyclic) bond motifs is 1. The number of halogens is 1. The zero-order chi connectivity index (χ0) is 16.2. The van der Waals surface area contributed by atoms with Crippen LogP contribution in [0.3, 0.4) is 0 Å². The van der Waals surface area contributed by atoms with Gasteiger partial charge in [0.2, 0.25) is 0 Å². The van der Waals surface area contributed by atoms with Crippen molar-refractivity contribution in [2.24, 2.45) is 0 Å². The summed E-state index contributed by atoms with van der Waals surface area (Å²) in [5.74, 6) is 1.47. The predicted octanol–water partition coefficient (Wildman–Crippen LogP) is 3.75. The first kappa shape index (κ1) is 15.9. The molecule has 1 aliphatic rings. The maximum atomic E-state index is 12.7. The maximum Gasteiger partial charge on any atom is 0.255 e. The smallest absolute Gasteiger partial charge is 0.255 e. The fourth-order valence-corrected chi connectivity index (χ4v) is 3.01. The molecule has 0 spiro atoms. The number of ether oxygens (including phenoxy) is 2. The van der Waals surface area contributed by atoms with Gasteiger partial charge in [-0.05, 0) is 47.1 Å². The number of carbonyl (C=O) groups excluding carboxylic acids is 1. The van der Waals surface area contributed by atoms with Crippen LogP contribution in [-0.2, 0) is 0 Å². The average Bonchev–Trinajstić information content (AvgIpc) is 2.59. The normalized spacial score (nSPS) is 16.0. The second-order valence-corrected chi connectivity index (χ2v) is 6.18. The van der Waals surface area contributed by atoms with Gasteiger partial charge in [-0.15, -0.1) is 0 Å². The molecule has 120 valence electrons. The van der Waals surface area contributed by atoms with E-state index in [2.05, 4.69) is 15.9 Å². The van der Waals surface area contributed by atoms with Crippen LogP contribution >= 0.6 is 15.9 Å². The maximum absolute atomic E-state index is 12.7. The lowest BCUT2D eigenvalue weighted by Gasteiger charge is -2.31. The molecule has 1 heterocycles. The van der Waals surface area contributed by atoms with Gasteiger partial charge in [-0.1, -0.05) is 24.3 Å². The number of amides is 1. The molecule has 1 aliphatic heterocycles. The van der Waals surface area contributed by atoms with Crippen molar-refractivity contribution in [3.8, 4) is 11.5 Å². The Hall–Kier alpha value is -2.01.